The van der Waals surface area contributed by atoms with Crippen molar-refractivity contribution in [2.45, 2.75) is 20.3 Å². The van der Waals surface area contributed by atoms with Crippen LogP contribution in [0.5, 0.6) is 0 Å². The normalized spacial score (nSPS) is 10.0. The van der Waals surface area contributed by atoms with Gasteiger partial charge in [0.1, 0.15) is 0 Å². The Balaban J connectivity index is 2.97. The Morgan fingerprint density at radius 3 is 2.33 bits per heavy atom. The summed E-state index contributed by atoms with van der Waals surface area (Å²) >= 11 is 0. The highest BCUT2D eigenvalue weighted by molar-refractivity contribution is 5.97. The minimum Gasteiger partial charge on any atom is -0.481 e. The van der Waals surface area contributed by atoms with Crippen molar-refractivity contribution in [3.05, 3.63) is 29.8 Å². The molecule has 0 saturated heterocycles. The molecule has 0 bridgehead atoms. The van der Waals surface area contributed by atoms with Crippen LogP contribution in [0.1, 0.15) is 18.9 Å². The summed E-state index contributed by atoms with van der Waals surface area (Å²) in [5, 5.41) is 8.83. The van der Waals surface area contributed by atoms with E-state index in [0.717, 1.165) is 5.56 Å². The molecule has 1 aromatic rings. The van der Waals surface area contributed by atoms with Crippen LogP contribution in [-0.2, 0) is 14.4 Å². The van der Waals surface area contributed by atoms with Crippen molar-refractivity contribution in [1.29, 1.82) is 0 Å². The molecule has 0 aliphatic rings. The summed E-state index contributed by atoms with van der Waals surface area (Å²) in [7, 11) is 1.54. The van der Waals surface area contributed by atoms with E-state index in [1.165, 1.54) is 23.8 Å². The Labute approximate surface area is 124 Å². The Morgan fingerprint density at radius 1 is 1.19 bits per heavy atom. The number of carbonyl (C=O) groups excluding carboxylic acids is 2. The maximum absolute atomic E-state index is 12.4. The molecule has 0 heterocycles. The average molecular weight is 292 g/mol. The third-order valence-corrected chi connectivity index (χ3v) is 3.17. The van der Waals surface area contributed by atoms with Gasteiger partial charge in [0.05, 0.1) is 13.0 Å². The second-order valence-electron chi connectivity index (χ2n) is 4.85. The van der Waals surface area contributed by atoms with Crippen LogP contribution in [-0.4, -0.2) is 47.9 Å². The van der Waals surface area contributed by atoms with Crippen molar-refractivity contribution in [3.63, 3.8) is 0 Å². The topological polar surface area (TPSA) is 77.9 Å². The molecule has 0 aliphatic heterocycles. The van der Waals surface area contributed by atoms with E-state index in [9.17, 15) is 14.4 Å². The molecule has 0 fully saturated rings. The van der Waals surface area contributed by atoms with Crippen molar-refractivity contribution < 1.29 is 19.5 Å². The van der Waals surface area contributed by atoms with Gasteiger partial charge >= 0.3 is 5.97 Å². The first-order valence-corrected chi connectivity index (χ1v) is 6.62. The predicted octanol–water partition coefficient (Wildman–Crippen LogP) is 1.28. The first kappa shape index (κ1) is 16.7. The number of hydrogen-bond acceptors (Lipinski definition) is 3. The van der Waals surface area contributed by atoms with Gasteiger partial charge in [-0.1, -0.05) is 18.2 Å². The second kappa shape index (κ2) is 7.42. The number of carboxylic acids is 1. The second-order valence-corrected chi connectivity index (χ2v) is 4.85. The predicted molar refractivity (Wildman–Crippen MR) is 79.1 cm³/mol. The SMILES string of the molecule is CC(=O)N(C)CC(=O)N(CCC(=O)O)c1ccccc1C. The number of likely N-dealkylation sites (N-methyl/N-ethyl adjacent to an activating group) is 1. The summed E-state index contributed by atoms with van der Waals surface area (Å²) in [6.45, 7) is 3.22. The number of anilines is 1. The molecule has 6 nitrogen and oxygen atoms in total. The molecule has 21 heavy (non-hydrogen) atoms. The summed E-state index contributed by atoms with van der Waals surface area (Å²) in [6, 6.07) is 7.26. The van der Waals surface area contributed by atoms with E-state index in [1.54, 1.807) is 12.1 Å². The van der Waals surface area contributed by atoms with Gasteiger partial charge in [0.25, 0.3) is 0 Å². The van der Waals surface area contributed by atoms with Crippen LogP contribution >= 0.6 is 0 Å². The number of aliphatic carboxylic acids is 1. The van der Waals surface area contributed by atoms with Gasteiger partial charge in [-0.05, 0) is 18.6 Å². The van der Waals surface area contributed by atoms with Gasteiger partial charge in [-0.15, -0.1) is 0 Å². The molecular formula is C15H20N2O4. The molecule has 114 valence electrons. The fourth-order valence-corrected chi connectivity index (χ4v) is 1.85. The minimum absolute atomic E-state index is 0.0742. The van der Waals surface area contributed by atoms with Gasteiger partial charge in [0, 0.05) is 26.2 Å². The first-order chi connectivity index (χ1) is 9.82. The van der Waals surface area contributed by atoms with E-state index in [-0.39, 0.29) is 31.3 Å². The fourth-order valence-electron chi connectivity index (χ4n) is 1.85. The highest BCUT2D eigenvalue weighted by atomic mass is 16.4. The highest BCUT2D eigenvalue weighted by Gasteiger charge is 2.20. The largest absolute Gasteiger partial charge is 0.481 e. The van der Waals surface area contributed by atoms with Gasteiger partial charge in [-0.25, -0.2) is 0 Å². The van der Waals surface area contributed by atoms with Crippen molar-refractivity contribution in [1.82, 2.24) is 4.90 Å². The Morgan fingerprint density at radius 2 is 1.81 bits per heavy atom. The Bertz CT molecular complexity index is 542. The van der Waals surface area contributed by atoms with Crippen molar-refractivity contribution >= 4 is 23.5 Å². The molecule has 0 spiro atoms. The summed E-state index contributed by atoms with van der Waals surface area (Å²) in [5.41, 5.74) is 1.54. The number of nitrogens with zero attached hydrogens (tertiary/aromatic N) is 2. The number of aryl methyl sites for hydroxylation is 1. The zero-order chi connectivity index (χ0) is 16.0. The molecular weight excluding hydrogens is 272 g/mol. The smallest absolute Gasteiger partial charge is 0.305 e. The molecule has 0 unspecified atom stereocenters. The minimum atomic E-state index is -0.971. The van der Waals surface area contributed by atoms with E-state index < -0.39 is 5.97 Å². The quantitative estimate of drug-likeness (QED) is 0.856. The van der Waals surface area contributed by atoms with Crippen molar-refractivity contribution in [2.75, 3.05) is 25.0 Å². The average Bonchev–Trinajstić information content (AvgIpc) is 2.40. The number of carbonyl (C=O) groups is 3. The summed E-state index contributed by atoms with van der Waals surface area (Å²) < 4.78 is 0. The summed E-state index contributed by atoms with van der Waals surface area (Å²) in [6.07, 6.45) is -0.149. The lowest BCUT2D eigenvalue weighted by Gasteiger charge is -2.26. The number of para-hydroxylation sites is 1. The molecule has 0 aromatic heterocycles. The maximum atomic E-state index is 12.4. The molecule has 2 amide bonds. The lowest BCUT2D eigenvalue weighted by atomic mass is 10.1. The molecule has 0 aliphatic carbocycles. The van der Waals surface area contributed by atoms with E-state index in [0.29, 0.717) is 5.69 Å². The maximum Gasteiger partial charge on any atom is 0.305 e. The van der Waals surface area contributed by atoms with E-state index in [1.807, 2.05) is 19.1 Å². The van der Waals surface area contributed by atoms with Gasteiger partial charge < -0.3 is 14.9 Å². The number of rotatable bonds is 6. The van der Waals surface area contributed by atoms with Crippen molar-refractivity contribution in [2.24, 2.45) is 0 Å². The number of hydrogen-bond donors (Lipinski definition) is 1. The Kier molecular flexibility index (Phi) is 5.90. The fraction of sp³-hybridized carbons (Fsp3) is 0.400. The van der Waals surface area contributed by atoms with E-state index in [4.69, 9.17) is 5.11 Å². The van der Waals surface area contributed by atoms with Crippen LogP contribution in [0, 0.1) is 6.92 Å². The summed E-state index contributed by atoms with van der Waals surface area (Å²) in [5.74, 6) is -1.49. The Hall–Kier alpha value is -2.37. The molecule has 0 saturated carbocycles. The van der Waals surface area contributed by atoms with Crippen molar-refractivity contribution in [3.8, 4) is 0 Å². The number of amides is 2. The zero-order valence-corrected chi connectivity index (χ0v) is 12.5. The van der Waals surface area contributed by atoms with Crippen LogP contribution in [0.15, 0.2) is 24.3 Å². The summed E-state index contributed by atoms with van der Waals surface area (Å²) in [4.78, 5) is 37.1. The zero-order valence-electron chi connectivity index (χ0n) is 12.5. The monoisotopic (exact) mass is 292 g/mol. The van der Waals surface area contributed by atoms with Crippen LogP contribution < -0.4 is 4.90 Å². The van der Waals surface area contributed by atoms with Gasteiger partial charge in [-0.2, -0.15) is 0 Å². The molecule has 0 atom stereocenters. The van der Waals surface area contributed by atoms with Crippen LogP contribution in [0.3, 0.4) is 0 Å². The molecule has 1 N–H and O–H groups in total. The number of carboxylic acid groups (broad SMARTS) is 1. The van der Waals surface area contributed by atoms with Gasteiger partial charge in [0.15, 0.2) is 0 Å². The van der Waals surface area contributed by atoms with Crippen LogP contribution in [0.2, 0.25) is 0 Å². The lowest BCUT2D eigenvalue weighted by Crippen LogP contribution is -2.41. The lowest BCUT2D eigenvalue weighted by molar-refractivity contribution is -0.137. The third kappa shape index (κ3) is 4.91. The van der Waals surface area contributed by atoms with E-state index >= 15 is 0 Å². The third-order valence-electron chi connectivity index (χ3n) is 3.17. The molecule has 1 rings (SSSR count). The first-order valence-electron chi connectivity index (χ1n) is 6.62. The standard InChI is InChI=1S/C15H20N2O4/c1-11-6-4-5-7-13(11)17(9-8-15(20)21)14(19)10-16(3)12(2)18/h4-7H,8-10H2,1-3H3,(H,20,21). The molecule has 1 aromatic carbocycles. The molecule has 6 heteroatoms. The van der Waals surface area contributed by atoms with Crippen LogP contribution in [0.4, 0.5) is 5.69 Å². The van der Waals surface area contributed by atoms with Gasteiger partial charge in [-0.3, -0.25) is 14.4 Å². The molecule has 0 radical (unpaired) electrons. The highest BCUT2D eigenvalue weighted by Crippen LogP contribution is 2.20. The number of benzene rings is 1. The van der Waals surface area contributed by atoms with E-state index in [2.05, 4.69) is 0 Å². The van der Waals surface area contributed by atoms with Crippen LogP contribution in [0.25, 0.3) is 0 Å². The van der Waals surface area contributed by atoms with Gasteiger partial charge in [0.2, 0.25) is 11.8 Å².